The molecule has 9 heteroatoms. The first-order valence-electron chi connectivity index (χ1n) is 7.44. The minimum Gasteiger partial charge on any atom is -0.350 e. The molecule has 0 aliphatic heterocycles. The van der Waals surface area contributed by atoms with Gasteiger partial charge in [0, 0.05) is 23.9 Å². The van der Waals surface area contributed by atoms with Crippen molar-refractivity contribution in [3.8, 4) is 11.4 Å². The molecule has 0 fully saturated rings. The van der Waals surface area contributed by atoms with Crippen LogP contribution in [0.3, 0.4) is 0 Å². The summed E-state index contributed by atoms with van der Waals surface area (Å²) in [6.45, 7) is 0.325. The largest absolute Gasteiger partial charge is 0.350 e. The number of H-pyrrole nitrogens is 1. The number of hydrogen-bond donors (Lipinski definition) is 2. The molecule has 2 aromatic heterocycles. The van der Waals surface area contributed by atoms with E-state index in [1.807, 2.05) is 12.1 Å². The summed E-state index contributed by atoms with van der Waals surface area (Å²) in [6, 6.07) is 11.5. The van der Waals surface area contributed by atoms with Crippen molar-refractivity contribution in [2.75, 3.05) is 0 Å². The Morgan fingerprint density at radius 3 is 2.88 bits per heavy atom. The molecule has 126 valence electrons. The van der Waals surface area contributed by atoms with Crippen LogP contribution in [0.1, 0.15) is 11.5 Å². The Morgan fingerprint density at radius 2 is 2.12 bits per heavy atom. The molecule has 0 spiro atoms. The van der Waals surface area contributed by atoms with Gasteiger partial charge in [-0.15, -0.1) is 0 Å². The van der Waals surface area contributed by atoms with Crippen molar-refractivity contribution >= 4 is 11.6 Å². The zero-order valence-corrected chi connectivity index (χ0v) is 13.0. The van der Waals surface area contributed by atoms with Crippen LogP contribution in [0.5, 0.6) is 0 Å². The normalized spacial score (nSPS) is 10.4. The molecule has 2 N–H and O–H groups in total. The van der Waals surface area contributed by atoms with Crippen molar-refractivity contribution in [1.29, 1.82) is 0 Å². The minimum atomic E-state index is -0.484. The lowest BCUT2D eigenvalue weighted by Crippen LogP contribution is -2.25. The number of nitro groups is 1. The van der Waals surface area contributed by atoms with Gasteiger partial charge in [-0.2, -0.15) is 5.10 Å². The monoisotopic (exact) mass is 338 g/mol. The van der Waals surface area contributed by atoms with E-state index in [0.29, 0.717) is 23.8 Å². The van der Waals surface area contributed by atoms with Crippen LogP contribution >= 0.6 is 0 Å². The third-order valence-corrected chi connectivity index (χ3v) is 3.37. The van der Waals surface area contributed by atoms with Gasteiger partial charge < -0.3 is 5.32 Å². The summed E-state index contributed by atoms with van der Waals surface area (Å²) >= 11 is 0. The number of nitro benzene ring substituents is 1. The lowest BCUT2D eigenvalue weighted by Gasteiger charge is -2.02. The van der Waals surface area contributed by atoms with E-state index in [1.165, 1.54) is 12.1 Å². The van der Waals surface area contributed by atoms with Crippen molar-refractivity contribution in [2.24, 2.45) is 0 Å². The van der Waals surface area contributed by atoms with Gasteiger partial charge in [-0.1, -0.05) is 18.2 Å². The van der Waals surface area contributed by atoms with Crippen LogP contribution < -0.4 is 5.32 Å². The highest BCUT2D eigenvalue weighted by Crippen LogP contribution is 2.20. The quantitative estimate of drug-likeness (QED) is 0.519. The molecule has 0 aliphatic rings. The van der Waals surface area contributed by atoms with Gasteiger partial charge >= 0.3 is 0 Å². The zero-order valence-electron chi connectivity index (χ0n) is 13.0. The molecule has 3 aromatic rings. The molecule has 0 bridgehead atoms. The van der Waals surface area contributed by atoms with Gasteiger partial charge in [-0.05, 0) is 12.1 Å². The van der Waals surface area contributed by atoms with Crippen LogP contribution in [0.15, 0.2) is 48.7 Å². The highest BCUT2D eigenvalue weighted by Gasteiger charge is 2.13. The van der Waals surface area contributed by atoms with Crippen molar-refractivity contribution in [1.82, 2.24) is 25.5 Å². The average molecular weight is 338 g/mol. The minimum absolute atomic E-state index is 0.0226. The Balaban J connectivity index is 1.62. The number of aromatic amines is 1. The molecule has 0 aliphatic carbocycles. The number of benzene rings is 1. The second-order valence-electron chi connectivity index (χ2n) is 5.19. The number of rotatable bonds is 6. The van der Waals surface area contributed by atoms with Gasteiger partial charge in [0.25, 0.3) is 5.69 Å². The molecule has 25 heavy (non-hydrogen) atoms. The number of aromatic nitrogens is 4. The fourth-order valence-electron chi connectivity index (χ4n) is 2.17. The Kier molecular flexibility index (Phi) is 4.74. The number of amides is 1. The highest BCUT2D eigenvalue weighted by molar-refractivity contribution is 5.77. The first-order valence-corrected chi connectivity index (χ1v) is 7.44. The summed E-state index contributed by atoms with van der Waals surface area (Å²) in [5.74, 6) is 0.448. The summed E-state index contributed by atoms with van der Waals surface area (Å²) in [6.07, 6.45) is 1.68. The lowest BCUT2D eigenvalue weighted by atomic mass is 10.2. The zero-order chi connectivity index (χ0) is 17.6. The number of non-ortho nitro benzene ring substituents is 1. The van der Waals surface area contributed by atoms with Gasteiger partial charge in [-0.25, -0.2) is 4.98 Å². The first-order chi connectivity index (χ1) is 12.1. The van der Waals surface area contributed by atoms with E-state index < -0.39 is 4.92 Å². The van der Waals surface area contributed by atoms with Gasteiger partial charge in [0.2, 0.25) is 5.91 Å². The molecule has 0 radical (unpaired) electrons. The van der Waals surface area contributed by atoms with Gasteiger partial charge in [0.15, 0.2) is 5.82 Å². The van der Waals surface area contributed by atoms with E-state index in [0.717, 1.165) is 5.69 Å². The maximum absolute atomic E-state index is 12.0. The van der Waals surface area contributed by atoms with E-state index in [9.17, 15) is 14.9 Å². The summed E-state index contributed by atoms with van der Waals surface area (Å²) in [4.78, 5) is 30.6. The van der Waals surface area contributed by atoms with Crippen molar-refractivity contribution in [3.63, 3.8) is 0 Å². The molecule has 0 saturated carbocycles. The Hall–Kier alpha value is -3.62. The van der Waals surface area contributed by atoms with E-state index >= 15 is 0 Å². The van der Waals surface area contributed by atoms with E-state index in [-0.39, 0.29) is 18.0 Å². The van der Waals surface area contributed by atoms with Gasteiger partial charge in [-0.3, -0.25) is 25.0 Å². The number of nitrogens with zero attached hydrogens (tertiary/aromatic N) is 4. The van der Waals surface area contributed by atoms with Crippen LogP contribution in [0.4, 0.5) is 5.69 Å². The van der Waals surface area contributed by atoms with E-state index in [1.54, 1.807) is 24.4 Å². The van der Waals surface area contributed by atoms with Crippen LogP contribution in [-0.4, -0.2) is 31.0 Å². The number of carbonyl (C=O) groups is 1. The molecule has 3 rings (SSSR count). The maximum Gasteiger partial charge on any atom is 0.270 e. The predicted molar refractivity (Wildman–Crippen MR) is 88.3 cm³/mol. The molecule has 9 nitrogen and oxygen atoms in total. The standard InChI is InChI=1S/C16H14N6O3/c23-15(18-10-12-5-1-2-7-17-12)9-14-19-16(21-20-14)11-4-3-6-13(8-11)22(24)25/h1-8H,9-10H2,(H,18,23)(H,19,20,21). The average Bonchev–Trinajstić information content (AvgIpc) is 3.09. The first kappa shape index (κ1) is 16.2. The molecule has 0 unspecified atom stereocenters. The number of hydrogen-bond acceptors (Lipinski definition) is 6. The third-order valence-electron chi connectivity index (χ3n) is 3.37. The molecular formula is C16H14N6O3. The van der Waals surface area contributed by atoms with Crippen LogP contribution in [0.25, 0.3) is 11.4 Å². The molecule has 1 aromatic carbocycles. The summed E-state index contributed by atoms with van der Waals surface area (Å²) in [5, 5.41) is 20.2. The molecule has 0 atom stereocenters. The number of carbonyl (C=O) groups excluding carboxylic acids is 1. The fraction of sp³-hybridized carbons (Fsp3) is 0.125. The summed E-state index contributed by atoms with van der Waals surface area (Å²) < 4.78 is 0. The van der Waals surface area contributed by atoms with Crippen LogP contribution in [0.2, 0.25) is 0 Å². The van der Waals surface area contributed by atoms with Crippen molar-refractivity contribution < 1.29 is 9.72 Å². The maximum atomic E-state index is 12.0. The SMILES string of the molecule is O=C(Cc1nc(-c2cccc([N+](=O)[O-])c2)n[nH]1)NCc1ccccn1. The Labute approximate surface area is 142 Å². The van der Waals surface area contributed by atoms with Crippen molar-refractivity contribution in [3.05, 3.63) is 70.3 Å². The van der Waals surface area contributed by atoms with Gasteiger partial charge in [0.1, 0.15) is 5.82 Å². The second-order valence-corrected chi connectivity index (χ2v) is 5.19. The molecule has 2 heterocycles. The summed E-state index contributed by atoms with van der Waals surface area (Å²) in [7, 11) is 0. The Bertz CT molecular complexity index is 894. The third kappa shape index (κ3) is 4.22. The van der Waals surface area contributed by atoms with E-state index in [4.69, 9.17) is 0 Å². The van der Waals surface area contributed by atoms with E-state index in [2.05, 4.69) is 25.5 Å². The van der Waals surface area contributed by atoms with Crippen molar-refractivity contribution in [2.45, 2.75) is 13.0 Å². The number of nitrogens with one attached hydrogen (secondary N) is 2. The smallest absolute Gasteiger partial charge is 0.270 e. The molecule has 1 amide bonds. The lowest BCUT2D eigenvalue weighted by molar-refractivity contribution is -0.384. The summed E-state index contributed by atoms with van der Waals surface area (Å²) in [5.41, 5.74) is 1.22. The number of pyridine rings is 1. The fourth-order valence-corrected chi connectivity index (χ4v) is 2.17. The predicted octanol–water partition coefficient (Wildman–Crippen LogP) is 1.63. The molecule has 0 saturated heterocycles. The highest BCUT2D eigenvalue weighted by atomic mass is 16.6. The van der Waals surface area contributed by atoms with Gasteiger partial charge in [0.05, 0.1) is 23.6 Å². The topological polar surface area (TPSA) is 127 Å². The van der Waals surface area contributed by atoms with Crippen LogP contribution in [-0.2, 0) is 17.8 Å². The Morgan fingerprint density at radius 1 is 1.24 bits per heavy atom. The second kappa shape index (κ2) is 7.30. The molecular weight excluding hydrogens is 324 g/mol. The van der Waals surface area contributed by atoms with Crippen LogP contribution in [0, 0.1) is 10.1 Å².